The van der Waals surface area contributed by atoms with Gasteiger partial charge in [-0.1, -0.05) is 25.9 Å². The fourth-order valence-electron chi connectivity index (χ4n) is 0.720. The summed E-state index contributed by atoms with van der Waals surface area (Å²) in [5.41, 5.74) is 0.190. The zero-order chi connectivity index (χ0) is 9.90. The van der Waals surface area contributed by atoms with Gasteiger partial charge < -0.3 is 9.73 Å². The molecular formula is C8H14ClN3O. The van der Waals surface area contributed by atoms with Crippen molar-refractivity contribution in [2.45, 2.75) is 26.7 Å². The zero-order valence-electron chi connectivity index (χ0n) is 8.09. The second-order valence-corrected chi connectivity index (χ2v) is 4.32. The van der Waals surface area contributed by atoms with Crippen molar-refractivity contribution in [3.05, 3.63) is 5.89 Å². The molecule has 74 valence electrons. The molecule has 0 amide bonds. The van der Waals surface area contributed by atoms with Crippen LogP contribution in [0.5, 0.6) is 0 Å². The van der Waals surface area contributed by atoms with Crippen molar-refractivity contribution in [3.63, 3.8) is 0 Å². The van der Waals surface area contributed by atoms with Crippen LogP contribution in [0.1, 0.15) is 26.7 Å². The summed E-state index contributed by atoms with van der Waals surface area (Å²) in [4.78, 5) is 0. The number of nitrogens with zero attached hydrogens (tertiary/aromatic N) is 2. The Morgan fingerprint density at radius 1 is 1.38 bits per heavy atom. The van der Waals surface area contributed by atoms with Crippen LogP contribution >= 0.6 is 11.6 Å². The first-order valence-corrected chi connectivity index (χ1v) is 4.67. The summed E-state index contributed by atoms with van der Waals surface area (Å²) in [6.07, 6.45) is 0. The summed E-state index contributed by atoms with van der Waals surface area (Å²) < 4.78 is 5.16. The van der Waals surface area contributed by atoms with Gasteiger partial charge in [0.1, 0.15) is 5.88 Å². The normalized spacial score (nSPS) is 11.7. The third-order valence-electron chi connectivity index (χ3n) is 1.35. The van der Waals surface area contributed by atoms with Gasteiger partial charge in [0.15, 0.2) is 0 Å². The molecule has 0 aliphatic carbocycles. The predicted molar refractivity (Wildman–Crippen MR) is 51.8 cm³/mol. The lowest BCUT2D eigenvalue weighted by Crippen LogP contribution is -2.19. The number of nitrogens with one attached hydrogen (secondary N) is 1. The second kappa shape index (κ2) is 3.96. The summed E-state index contributed by atoms with van der Waals surface area (Å²) in [6, 6.07) is 0.436. The van der Waals surface area contributed by atoms with Gasteiger partial charge in [-0.2, -0.15) is 0 Å². The van der Waals surface area contributed by atoms with Crippen LogP contribution in [0.2, 0.25) is 0 Å². The fraction of sp³-hybridized carbons (Fsp3) is 0.750. The number of hydrogen-bond acceptors (Lipinski definition) is 4. The summed E-state index contributed by atoms with van der Waals surface area (Å²) in [6.45, 7) is 7.16. The third-order valence-corrected chi connectivity index (χ3v) is 1.58. The van der Waals surface area contributed by atoms with Gasteiger partial charge in [-0.15, -0.1) is 16.7 Å². The van der Waals surface area contributed by atoms with E-state index in [0.717, 1.165) is 6.54 Å². The molecule has 0 aliphatic heterocycles. The molecule has 0 aliphatic rings. The van der Waals surface area contributed by atoms with E-state index in [1.807, 2.05) is 0 Å². The highest BCUT2D eigenvalue weighted by Crippen LogP contribution is 2.14. The number of anilines is 1. The smallest absolute Gasteiger partial charge is 0.315 e. The van der Waals surface area contributed by atoms with Gasteiger partial charge in [-0.25, -0.2) is 0 Å². The average Bonchev–Trinajstić information content (AvgIpc) is 2.47. The maximum Gasteiger partial charge on any atom is 0.315 e. The van der Waals surface area contributed by atoms with E-state index >= 15 is 0 Å². The Morgan fingerprint density at radius 2 is 2.08 bits per heavy atom. The number of alkyl halides is 1. The molecule has 13 heavy (non-hydrogen) atoms. The first-order chi connectivity index (χ1) is 6.01. The molecule has 0 spiro atoms. The standard InChI is InChI=1S/C8H14ClN3O/c1-8(2,3)5-10-7-12-11-6(4-9)13-7/h4-5H2,1-3H3,(H,10,12). The van der Waals surface area contributed by atoms with E-state index in [-0.39, 0.29) is 11.3 Å². The summed E-state index contributed by atoms with van der Waals surface area (Å²) in [7, 11) is 0. The average molecular weight is 204 g/mol. The Morgan fingerprint density at radius 3 is 2.54 bits per heavy atom. The number of halogens is 1. The predicted octanol–water partition coefficient (Wildman–Crippen LogP) is 2.27. The quantitative estimate of drug-likeness (QED) is 0.766. The SMILES string of the molecule is CC(C)(C)CNc1nnc(CCl)o1. The van der Waals surface area contributed by atoms with Crippen molar-refractivity contribution in [1.82, 2.24) is 10.2 Å². The minimum atomic E-state index is 0.190. The van der Waals surface area contributed by atoms with Crippen LogP contribution in [0.3, 0.4) is 0 Å². The summed E-state index contributed by atoms with van der Waals surface area (Å²) in [5, 5.41) is 10.5. The van der Waals surface area contributed by atoms with Gasteiger partial charge in [-0.05, 0) is 5.41 Å². The molecule has 5 heteroatoms. The van der Waals surface area contributed by atoms with Crippen LogP contribution in [0.15, 0.2) is 4.42 Å². The number of aromatic nitrogens is 2. The van der Waals surface area contributed by atoms with Gasteiger partial charge in [0.2, 0.25) is 5.89 Å². The van der Waals surface area contributed by atoms with Crippen LogP contribution < -0.4 is 5.32 Å². The minimum absolute atomic E-state index is 0.190. The molecule has 0 aromatic carbocycles. The first-order valence-electron chi connectivity index (χ1n) is 4.13. The van der Waals surface area contributed by atoms with Crippen molar-refractivity contribution >= 4 is 17.6 Å². The lowest BCUT2D eigenvalue weighted by Gasteiger charge is -2.17. The van der Waals surface area contributed by atoms with Crippen LogP contribution in [-0.2, 0) is 5.88 Å². The monoisotopic (exact) mass is 203 g/mol. The molecule has 0 unspecified atom stereocenters. The van der Waals surface area contributed by atoms with Gasteiger partial charge in [0.25, 0.3) is 0 Å². The Hall–Kier alpha value is -0.770. The Balaban J connectivity index is 2.46. The highest BCUT2D eigenvalue weighted by molar-refractivity contribution is 6.16. The van der Waals surface area contributed by atoms with Crippen molar-refractivity contribution in [2.75, 3.05) is 11.9 Å². The van der Waals surface area contributed by atoms with Crippen molar-refractivity contribution in [1.29, 1.82) is 0 Å². The van der Waals surface area contributed by atoms with E-state index in [9.17, 15) is 0 Å². The largest absolute Gasteiger partial charge is 0.407 e. The lowest BCUT2D eigenvalue weighted by molar-refractivity contribution is 0.431. The fourth-order valence-corrected chi connectivity index (χ4v) is 0.828. The molecular weight excluding hydrogens is 190 g/mol. The van der Waals surface area contributed by atoms with Crippen LogP contribution in [-0.4, -0.2) is 16.7 Å². The third kappa shape index (κ3) is 3.63. The molecule has 1 aromatic heterocycles. The zero-order valence-corrected chi connectivity index (χ0v) is 8.85. The number of rotatable bonds is 3. The molecule has 1 N–H and O–H groups in total. The molecule has 4 nitrogen and oxygen atoms in total. The minimum Gasteiger partial charge on any atom is -0.407 e. The van der Waals surface area contributed by atoms with Crippen LogP contribution in [0.25, 0.3) is 0 Å². The van der Waals surface area contributed by atoms with E-state index in [4.69, 9.17) is 16.0 Å². The van der Waals surface area contributed by atoms with E-state index in [1.165, 1.54) is 0 Å². The van der Waals surface area contributed by atoms with E-state index < -0.39 is 0 Å². The molecule has 0 bridgehead atoms. The Bertz CT molecular complexity index is 267. The van der Waals surface area contributed by atoms with E-state index in [0.29, 0.717) is 11.9 Å². The van der Waals surface area contributed by atoms with Crippen molar-refractivity contribution in [2.24, 2.45) is 5.41 Å². The molecule has 0 atom stereocenters. The van der Waals surface area contributed by atoms with Gasteiger partial charge in [-0.3, -0.25) is 0 Å². The highest BCUT2D eigenvalue weighted by atomic mass is 35.5. The molecule has 0 saturated heterocycles. The molecule has 0 fully saturated rings. The van der Waals surface area contributed by atoms with Crippen molar-refractivity contribution < 1.29 is 4.42 Å². The molecule has 1 rings (SSSR count). The Kier molecular flexibility index (Phi) is 3.14. The molecule has 1 heterocycles. The Labute approximate surface area is 82.7 Å². The lowest BCUT2D eigenvalue weighted by atomic mass is 9.97. The highest BCUT2D eigenvalue weighted by Gasteiger charge is 2.11. The second-order valence-electron chi connectivity index (χ2n) is 4.05. The molecule has 1 aromatic rings. The molecule has 0 radical (unpaired) electrons. The van der Waals surface area contributed by atoms with Gasteiger partial charge >= 0.3 is 6.01 Å². The maximum absolute atomic E-state index is 5.51. The maximum atomic E-state index is 5.51. The summed E-state index contributed by atoms with van der Waals surface area (Å²) >= 11 is 5.51. The number of hydrogen-bond donors (Lipinski definition) is 1. The van der Waals surface area contributed by atoms with Gasteiger partial charge in [0, 0.05) is 6.54 Å². The summed E-state index contributed by atoms with van der Waals surface area (Å²) in [5.74, 6) is 0.697. The molecule has 0 saturated carbocycles. The van der Waals surface area contributed by atoms with E-state index in [2.05, 4.69) is 36.3 Å². The van der Waals surface area contributed by atoms with Crippen LogP contribution in [0.4, 0.5) is 6.01 Å². The van der Waals surface area contributed by atoms with Crippen molar-refractivity contribution in [3.8, 4) is 0 Å². The van der Waals surface area contributed by atoms with Crippen LogP contribution in [0, 0.1) is 5.41 Å². The van der Waals surface area contributed by atoms with E-state index in [1.54, 1.807) is 0 Å². The van der Waals surface area contributed by atoms with Gasteiger partial charge in [0.05, 0.1) is 0 Å². The topological polar surface area (TPSA) is 51.0 Å². The first kappa shape index (κ1) is 10.3.